The molecule has 1 N–H and O–H groups in total. The van der Waals surface area contributed by atoms with Crippen LogP contribution in [0.4, 0.5) is 4.39 Å². The molecule has 0 aromatic heterocycles. The summed E-state index contributed by atoms with van der Waals surface area (Å²) >= 11 is 0. The molecule has 2 fully saturated rings. The predicted molar refractivity (Wildman–Crippen MR) is 146 cm³/mol. The van der Waals surface area contributed by atoms with Crippen molar-refractivity contribution in [2.45, 2.75) is 57.4 Å². The zero-order chi connectivity index (χ0) is 27.3. The van der Waals surface area contributed by atoms with Crippen molar-refractivity contribution in [2.24, 2.45) is 5.41 Å². The van der Waals surface area contributed by atoms with Gasteiger partial charge in [0.15, 0.2) is 0 Å². The minimum Gasteiger partial charge on any atom is -0.340 e. The molecular formula is C29H38FN3O4S. The van der Waals surface area contributed by atoms with Gasteiger partial charge in [-0.25, -0.2) is 12.8 Å². The molecule has 1 saturated carbocycles. The quantitative estimate of drug-likeness (QED) is 0.431. The van der Waals surface area contributed by atoms with Crippen LogP contribution in [0, 0.1) is 11.2 Å². The van der Waals surface area contributed by atoms with Crippen LogP contribution < -0.4 is 5.32 Å². The van der Waals surface area contributed by atoms with Crippen molar-refractivity contribution >= 4 is 21.8 Å². The molecule has 7 nitrogen and oxygen atoms in total. The molecule has 2 aromatic carbocycles. The smallest absolute Gasteiger partial charge is 0.251 e. The van der Waals surface area contributed by atoms with Gasteiger partial charge in [0.25, 0.3) is 5.91 Å². The number of sulfonamides is 1. The van der Waals surface area contributed by atoms with Crippen molar-refractivity contribution in [3.63, 3.8) is 0 Å². The van der Waals surface area contributed by atoms with E-state index in [1.807, 2.05) is 18.2 Å². The van der Waals surface area contributed by atoms with Crippen LogP contribution in [-0.2, 0) is 14.8 Å². The van der Waals surface area contributed by atoms with Gasteiger partial charge in [-0.1, -0.05) is 56.5 Å². The molecule has 2 aromatic rings. The summed E-state index contributed by atoms with van der Waals surface area (Å²) in [5.41, 5.74) is 1.92. The van der Waals surface area contributed by atoms with Crippen LogP contribution in [0.3, 0.4) is 0 Å². The summed E-state index contributed by atoms with van der Waals surface area (Å²) in [6.07, 6.45) is 6.64. The van der Waals surface area contributed by atoms with Crippen molar-refractivity contribution in [3.05, 3.63) is 71.5 Å². The Kier molecular flexibility index (Phi) is 8.88. The van der Waals surface area contributed by atoms with Gasteiger partial charge in [-0.05, 0) is 60.4 Å². The van der Waals surface area contributed by atoms with Gasteiger partial charge in [-0.3, -0.25) is 9.59 Å². The van der Waals surface area contributed by atoms with E-state index >= 15 is 0 Å². The standard InChI is InChI=1S/C29H38FN3O4S/c1-29(21-25(29)22-12-14-24(30)15-13-22)16-8-4-7-11-26(31-27(34)23-9-5-3-6-10-23)28(35)32-17-19-33(20-18-32)38(2,36)37/h3,5-6,9-10,12-15,25-26H,4,7-8,11,16-21H2,1-2H3,(H,31,34)/t25-,26-,29+/m0/s1. The first kappa shape index (κ1) is 28.2. The van der Waals surface area contributed by atoms with E-state index in [1.165, 1.54) is 28.3 Å². The van der Waals surface area contributed by atoms with Gasteiger partial charge in [-0.15, -0.1) is 0 Å². The van der Waals surface area contributed by atoms with Crippen molar-refractivity contribution in [2.75, 3.05) is 32.4 Å². The lowest BCUT2D eigenvalue weighted by molar-refractivity contribution is -0.134. The highest BCUT2D eigenvalue weighted by Gasteiger charge is 2.49. The van der Waals surface area contributed by atoms with Crippen molar-refractivity contribution in [1.29, 1.82) is 0 Å². The normalized spacial score (nSPS) is 22.6. The lowest BCUT2D eigenvalue weighted by atomic mass is 9.94. The Labute approximate surface area is 225 Å². The van der Waals surface area contributed by atoms with Gasteiger partial charge in [0.05, 0.1) is 6.26 Å². The molecule has 0 bridgehead atoms. The molecule has 2 aliphatic rings. The van der Waals surface area contributed by atoms with Gasteiger partial charge in [-0.2, -0.15) is 4.31 Å². The molecule has 0 spiro atoms. The van der Waals surface area contributed by atoms with Crippen molar-refractivity contribution in [1.82, 2.24) is 14.5 Å². The monoisotopic (exact) mass is 543 g/mol. The first-order chi connectivity index (χ1) is 18.1. The number of halogens is 1. The number of carbonyl (C=O) groups excluding carboxylic acids is 2. The molecule has 1 aliphatic heterocycles. The fraction of sp³-hybridized carbons (Fsp3) is 0.517. The van der Waals surface area contributed by atoms with Gasteiger partial charge in [0.2, 0.25) is 15.9 Å². The van der Waals surface area contributed by atoms with Gasteiger partial charge in [0, 0.05) is 31.7 Å². The molecule has 3 atom stereocenters. The lowest BCUT2D eigenvalue weighted by Crippen LogP contribution is -2.55. The summed E-state index contributed by atoms with van der Waals surface area (Å²) in [4.78, 5) is 27.9. The average molecular weight is 544 g/mol. The van der Waals surface area contributed by atoms with E-state index in [0.717, 1.165) is 32.1 Å². The topological polar surface area (TPSA) is 86.8 Å². The highest BCUT2D eigenvalue weighted by Crippen LogP contribution is 2.61. The minimum absolute atomic E-state index is 0.159. The SMILES string of the molecule is C[C@@]1(CCCCC[C@H](NC(=O)c2ccccc2)C(=O)N2CCN(S(C)(=O)=O)CC2)C[C@H]1c1ccc(F)cc1. The van der Waals surface area contributed by atoms with Crippen LogP contribution in [0.5, 0.6) is 0 Å². The molecule has 2 amide bonds. The maximum Gasteiger partial charge on any atom is 0.251 e. The third-order valence-corrected chi connectivity index (χ3v) is 9.33. The van der Waals surface area contributed by atoms with E-state index in [4.69, 9.17) is 0 Å². The summed E-state index contributed by atoms with van der Waals surface area (Å²) < 4.78 is 38.3. The molecule has 0 unspecified atom stereocenters. The van der Waals surface area contributed by atoms with E-state index < -0.39 is 16.1 Å². The minimum atomic E-state index is -3.29. The molecule has 206 valence electrons. The maximum absolute atomic E-state index is 13.4. The first-order valence-corrected chi connectivity index (χ1v) is 15.3. The molecule has 4 rings (SSSR count). The predicted octanol–water partition coefficient (Wildman–Crippen LogP) is 4.17. The van der Waals surface area contributed by atoms with Crippen LogP contribution in [-0.4, -0.2) is 67.9 Å². The fourth-order valence-electron chi connectivity index (χ4n) is 5.50. The second kappa shape index (κ2) is 11.9. The van der Waals surface area contributed by atoms with E-state index in [1.54, 1.807) is 29.2 Å². The summed E-state index contributed by atoms with van der Waals surface area (Å²) in [6, 6.07) is 15.0. The van der Waals surface area contributed by atoms with Crippen LogP contribution in [0.1, 0.15) is 67.3 Å². The zero-order valence-corrected chi connectivity index (χ0v) is 23.1. The maximum atomic E-state index is 13.4. The Morgan fingerprint density at radius 1 is 1.00 bits per heavy atom. The second-order valence-electron chi connectivity index (χ2n) is 10.9. The Hall–Kier alpha value is -2.78. The highest BCUT2D eigenvalue weighted by molar-refractivity contribution is 7.88. The molecule has 1 heterocycles. The van der Waals surface area contributed by atoms with Crippen LogP contribution in [0.2, 0.25) is 0 Å². The fourth-order valence-corrected chi connectivity index (χ4v) is 6.33. The Morgan fingerprint density at radius 3 is 2.29 bits per heavy atom. The number of hydrogen-bond acceptors (Lipinski definition) is 4. The molecule has 0 radical (unpaired) electrons. The molecule has 38 heavy (non-hydrogen) atoms. The number of amides is 2. The summed E-state index contributed by atoms with van der Waals surface area (Å²) in [5, 5.41) is 2.93. The van der Waals surface area contributed by atoms with Gasteiger partial charge >= 0.3 is 0 Å². The number of benzene rings is 2. The Bertz CT molecular complexity index is 1210. The third-order valence-electron chi connectivity index (χ3n) is 8.02. The number of piperazine rings is 1. The summed E-state index contributed by atoms with van der Waals surface area (Å²) in [5.74, 6) is -0.190. The zero-order valence-electron chi connectivity index (χ0n) is 22.2. The lowest BCUT2D eigenvalue weighted by Gasteiger charge is -2.35. The number of hydrogen-bond donors (Lipinski definition) is 1. The van der Waals surface area contributed by atoms with Crippen LogP contribution >= 0.6 is 0 Å². The average Bonchev–Trinajstić information content (AvgIpc) is 3.58. The largest absolute Gasteiger partial charge is 0.340 e. The first-order valence-electron chi connectivity index (χ1n) is 13.4. The van der Waals surface area contributed by atoms with Crippen LogP contribution in [0.15, 0.2) is 54.6 Å². The molecule has 1 saturated heterocycles. The van der Waals surface area contributed by atoms with Gasteiger partial charge < -0.3 is 10.2 Å². The second-order valence-corrected chi connectivity index (χ2v) is 12.9. The van der Waals surface area contributed by atoms with E-state index in [0.29, 0.717) is 31.0 Å². The number of nitrogens with one attached hydrogen (secondary N) is 1. The summed E-state index contributed by atoms with van der Waals surface area (Å²) in [6.45, 7) is 3.43. The number of unbranched alkanes of at least 4 members (excludes halogenated alkanes) is 2. The van der Waals surface area contributed by atoms with E-state index in [-0.39, 0.29) is 36.1 Å². The van der Waals surface area contributed by atoms with E-state index in [9.17, 15) is 22.4 Å². The van der Waals surface area contributed by atoms with Crippen molar-refractivity contribution < 1.29 is 22.4 Å². The van der Waals surface area contributed by atoms with Crippen molar-refractivity contribution in [3.8, 4) is 0 Å². The number of carbonyl (C=O) groups is 2. The highest BCUT2D eigenvalue weighted by atomic mass is 32.2. The molecule has 1 aliphatic carbocycles. The van der Waals surface area contributed by atoms with Gasteiger partial charge in [0.1, 0.15) is 11.9 Å². The summed E-state index contributed by atoms with van der Waals surface area (Å²) in [7, 11) is -3.29. The third kappa shape index (κ3) is 7.20. The van der Waals surface area contributed by atoms with E-state index in [2.05, 4.69) is 12.2 Å². The number of nitrogens with zero attached hydrogens (tertiary/aromatic N) is 2. The Balaban J connectivity index is 1.29. The molecular weight excluding hydrogens is 505 g/mol. The molecule has 9 heteroatoms. The van der Waals surface area contributed by atoms with Crippen LogP contribution in [0.25, 0.3) is 0 Å². The Morgan fingerprint density at radius 2 is 1.66 bits per heavy atom. The number of rotatable bonds is 11.